The minimum absolute atomic E-state index is 0.0127. The zero-order chi connectivity index (χ0) is 22.7. The zero-order valence-corrected chi connectivity index (χ0v) is 19.2. The van der Waals surface area contributed by atoms with Crippen molar-refractivity contribution in [1.29, 1.82) is 0 Å². The van der Waals surface area contributed by atoms with Crippen LogP contribution >= 0.6 is 11.8 Å². The van der Waals surface area contributed by atoms with Crippen molar-refractivity contribution in [3.8, 4) is 11.4 Å². The molecule has 32 heavy (non-hydrogen) atoms. The van der Waals surface area contributed by atoms with Gasteiger partial charge in [-0.15, -0.1) is 10.2 Å². The van der Waals surface area contributed by atoms with Gasteiger partial charge in [0, 0.05) is 18.7 Å². The maximum absolute atomic E-state index is 13.4. The van der Waals surface area contributed by atoms with Crippen LogP contribution in [-0.2, 0) is 21.2 Å². The average molecular weight is 475 g/mol. The van der Waals surface area contributed by atoms with E-state index in [1.165, 1.54) is 28.8 Å². The summed E-state index contributed by atoms with van der Waals surface area (Å²) in [5.41, 5.74) is 1.76. The fourth-order valence-corrected chi connectivity index (χ4v) is 6.27. The normalized spacial score (nSPS) is 17.4. The highest BCUT2D eigenvalue weighted by atomic mass is 32.2. The fraction of sp³-hybridized carbons (Fsp3) is 0.318. The van der Waals surface area contributed by atoms with Crippen LogP contribution in [0.1, 0.15) is 12.0 Å². The van der Waals surface area contributed by atoms with Crippen molar-refractivity contribution in [3.63, 3.8) is 0 Å². The summed E-state index contributed by atoms with van der Waals surface area (Å²) in [6.45, 7) is 0.494. The minimum Gasteiger partial charge on any atom is -0.341 e. The highest BCUT2D eigenvalue weighted by Crippen LogP contribution is 2.26. The number of hydrogen-bond donors (Lipinski definition) is 0. The Balaban J connectivity index is 1.54. The first-order valence-electron chi connectivity index (χ1n) is 10.1. The van der Waals surface area contributed by atoms with Crippen molar-refractivity contribution >= 4 is 27.5 Å². The molecule has 1 aliphatic rings. The van der Waals surface area contributed by atoms with E-state index >= 15 is 0 Å². The minimum atomic E-state index is -3.07. The summed E-state index contributed by atoms with van der Waals surface area (Å²) in [4.78, 5) is 14.2. The number of carbonyl (C=O) groups excluding carboxylic acids is 1. The number of carbonyl (C=O) groups is 1. The Hall–Kier alpha value is -2.72. The monoisotopic (exact) mass is 474 g/mol. The highest BCUT2D eigenvalue weighted by Gasteiger charge is 2.32. The summed E-state index contributed by atoms with van der Waals surface area (Å²) < 4.78 is 38.8. The van der Waals surface area contributed by atoms with Gasteiger partial charge in [-0.2, -0.15) is 0 Å². The standard InChI is InChI=1S/C22H23FN4O3S2/c1-26(19-11-12-32(29,30)15-19)20(28)14-31-22-25-24-21(17-7-9-18(23)10-8-17)27(22)13-16-5-3-2-4-6-16/h2-10,19H,11-15H2,1H3. The zero-order valence-electron chi connectivity index (χ0n) is 17.5. The smallest absolute Gasteiger partial charge is 0.233 e. The largest absolute Gasteiger partial charge is 0.341 e. The van der Waals surface area contributed by atoms with Gasteiger partial charge in [-0.05, 0) is 36.2 Å². The summed E-state index contributed by atoms with van der Waals surface area (Å²) in [7, 11) is -1.42. The molecule has 0 radical (unpaired) electrons. The average Bonchev–Trinajstić information content (AvgIpc) is 3.35. The summed E-state index contributed by atoms with van der Waals surface area (Å²) >= 11 is 1.25. The summed E-state index contributed by atoms with van der Waals surface area (Å²) in [6.07, 6.45) is 0.466. The topological polar surface area (TPSA) is 85.2 Å². The van der Waals surface area contributed by atoms with E-state index in [1.807, 2.05) is 34.9 Å². The molecule has 2 heterocycles. The second kappa shape index (κ2) is 9.41. The SMILES string of the molecule is CN(C(=O)CSc1nnc(-c2ccc(F)cc2)n1Cc1ccccc1)C1CCS(=O)(=O)C1. The number of aromatic nitrogens is 3. The van der Waals surface area contributed by atoms with E-state index in [0.29, 0.717) is 23.9 Å². The van der Waals surface area contributed by atoms with E-state index in [9.17, 15) is 17.6 Å². The van der Waals surface area contributed by atoms with E-state index in [4.69, 9.17) is 0 Å². The van der Waals surface area contributed by atoms with Gasteiger partial charge in [0.1, 0.15) is 5.82 Å². The van der Waals surface area contributed by atoms with Gasteiger partial charge in [-0.3, -0.25) is 9.36 Å². The molecule has 168 valence electrons. The Bertz CT molecular complexity index is 1200. The molecule has 0 spiro atoms. The molecular weight excluding hydrogens is 451 g/mol. The Kier molecular flexibility index (Phi) is 6.61. The lowest BCUT2D eigenvalue weighted by Gasteiger charge is -2.23. The second-order valence-corrected chi connectivity index (χ2v) is 10.9. The van der Waals surface area contributed by atoms with E-state index < -0.39 is 9.84 Å². The Morgan fingerprint density at radius 2 is 1.88 bits per heavy atom. The number of hydrogen-bond acceptors (Lipinski definition) is 6. The summed E-state index contributed by atoms with van der Waals surface area (Å²) in [5, 5.41) is 9.14. The number of benzene rings is 2. The Labute approximate surface area is 190 Å². The molecule has 7 nitrogen and oxygen atoms in total. The van der Waals surface area contributed by atoms with Crippen LogP contribution in [0.4, 0.5) is 4.39 Å². The molecule has 1 aliphatic heterocycles. The van der Waals surface area contributed by atoms with E-state index in [0.717, 1.165) is 11.1 Å². The first-order chi connectivity index (χ1) is 15.3. The van der Waals surface area contributed by atoms with Crippen molar-refractivity contribution in [1.82, 2.24) is 19.7 Å². The van der Waals surface area contributed by atoms with Gasteiger partial charge in [0.05, 0.1) is 23.8 Å². The van der Waals surface area contributed by atoms with E-state index in [-0.39, 0.29) is 35.0 Å². The molecule has 1 amide bonds. The lowest BCUT2D eigenvalue weighted by molar-refractivity contribution is -0.128. The number of halogens is 1. The van der Waals surface area contributed by atoms with Crippen molar-refractivity contribution < 1.29 is 17.6 Å². The van der Waals surface area contributed by atoms with Crippen LogP contribution in [0, 0.1) is 5.82 Å². The van der Waals surface area contributed by atoms with Crippen LogP contribution < -0.4 is 0 Å². The molecule has 1 saturated heterocycles. The van der Waals surface area contributed by atoms with Crippen LogP contribution in [-0.4, -0.2) is 64.3 Å². The van der Waals surface area contributed by atoms with Crippen LogP contribution in [0.5, 0.6) is 0 Å². The molecular formula is C22H23FN4O3S2. The first kappa shape index (κ1) is 22.5. The molecule has 1 unspecified atom stereocenters. The third-order valence-corrected chi connectivity index (χ3v) is 8.18. The predicted molar refractivity (Wildman–Crippen MR) is 122 cm³/mol. The molecule has 3 aromatic rings. The van der Waals surface area contributed by atoms with Gasteiger partial charge < -0.3 is 4.90 Å². The number of amides is 1. The van der Waals surface area contributed by atoms with Gasteiger partial charge in [-0.25, -0.2) is 12.8 Å². The second-order valence-electron chi connectivity index (χ2n) is 7.73. The Morgan fingerprint density at radius 3 is 2.53 bits per heavy atom. The summed E-state index contributed by atoms with van der Waals surface area (Å²) in [5.74, 6) is 0.339. The van der Waals surface area contributed by atoms with Gasteiger partial charge in [0.25, 0.3) is 0 Å². The van der Waals surface area contributed by atoms with Crippen molar-refractivity contribution in [2.75, 3.05) is 24.3 Å². The van der Waals surface area contributed by atoms with Gasteiger partial charge in [-0.1, -0.05) is 42.1 Å². The molecule has 1 atom stereocenters. The third-order valence-electron chi connectivity index (χ3n) is 5.48. The van der Waals surface area contributed by atoms with Crippen LogP contribution in [0.25, 0.3) is 11.4 Å². The lowest BCUT2D eigenvalue weighted by Crippen LogP contribution is -2.38. The van der Waals surface area contributed by atoms with Gasteiger partial charge >= 0.3 is 0 Å². The Morgan fingerprint density at radius 1 is 1.16 bits per heavy atom. The molecule has 1 fully saturated rings. The first-order valence-corrected chi connectivity index (χ1v) is 12.9. The number of sulfone groups is 1. The maximum Gasteiger partial charge on any atom is 0.233 e. The summed E-state index contributed by atoms with van der Waals surface area (Å²) in [6, 6.07) is 15.6. The lowest BCUT2D eigenvalue weighted by atomic mass is 10.2. The molecule has 0 saturated carbocycles. The molecule has 0 N–H and O–H groups in total. The molecule has 2 aromatic carbocycles. The molecule has 1 aromatic heterocycles. The van der Waals surface area contributed by atoms with E-state index in [2.05, 4.69) is 10.2 Å². The molecule has 0 bridgehead atoms. The predicted octanol–water partition coefficient (Wildman–Crippen LogP) is 2.87. The molecule has 10 heteroatoms. The van der Waals surface area contributed by atoms with Crippen LogP contribution in [0.2, 0.25) is 0 Å². The van der Waals surface area contributed by atoms with Crippen molar-refractivity contribution in [2.24, 2.45) is 0 Å². The molecule has 0 aliphatic carbocycles. The van der Waals surface area contributed by atoms with Crippen molar-refractivity contribution in [2.45, 2.75) is 24.2 Å². The highest BCUT2D eigenvalue weighted by molar-refractivity contribution is 7.99. The van der Waals surface area contributed by atoms with Crippen LogP contribution in [0.3, 0.4) is 0 Å². The fourth-order valence-electron chi connectivity index (χ4n) is 3.63. The number of nitrogens with zero attached hydrogens (tertiary/aromatic N) is 4. The van der Waals surface area contributed by atoms with Gasteiger partial charge in [0.2, 0.25) is 5.91 Å². The molecule has 4 rings (SSSR count). The van der Waals surface area contributed by atoms with Gasteiger partial charge in [0.15, 0.2) is 20.8 Å². The number of thioether (sulfide) groups is 1. The quantitative estimate of drug-likeness (QED) is 0.490. The number of rotatable bonds is 7. The van der Waals surface area contributed by atoms with Crippen LogP contribution in [0.15, 0.2) is 59.8 Å². The maximum atomic E-state index is 13.4. The van der Waals surface area contributed by atoms with E-state index in [1.54, 1.807) is 19.2 Å². The van der Waals surface area contributed by atoms with Crippen molar-refractivity contribution in [3.05, 3.63) is 66.0 Å². The third kappa shape index (κ3) is 5.18.